The van der Waals surface area contributed by atoms with Crippen LogP contribution in [0.1, 0.15) is 155 Å². The first-order valence-corrected chi connectivity index (χ1v) is 22.3. The van der Waals surface area contributed by atoms with Gasteiger partial charge in [0.25, 0.3) is 0 Å². The summed E-state index contributed by atoms with van der Waals surface area (Å²) in [6.07, 6.45) is 44.8. The summed E-state index contributed by atoms with van der Waals surface area (Å²) in [4.78, 5) is 12.9. The number of carbonyl (C=O) groups is 1. The van der Waals surface area contributed by atoms with Gasteiger partial charge in [-0.3, -0.25) is 4.79 Å². The summed E-state index contributed by atoms with van der Waals surface area (Å²) in [6.45, 7) is 3.58. The maximum Gasteiger partial charge on any atom is 0.220 e. The molecule has 1 aliphatic rings. The molecule has 0 aromatic heterocycles. The molecule has 0 bridgehead atoms. The molecule has 1 amide bonds. The number of aliphatic hydroxyl groups excluding tert-OH is 5. The lowest BCUT2D eigenvalue weighted by atomic mass is 9.99. The van der Waals surface area contributed by atoms with Gasteiger partial charge in [0.1, 0.15) is 24.4 Å². The molecule has 57 heavy (non-hydrogen) atoms. The molecule has 1 rings (SSSR count). The molecule has 9 heteroatoms. The minimum atomic E-state index is -1.58. The number of nitrogens with one attached hydrogen (secondary N) is 1. The van der Waals surface area contributed by atoms with Crippen molar-refractivity contribution < 1.29 is 39.8 Å². The smallest absolute Gasteiger partial charge is 0.220 e. The normalized spacial score (nSPS) is 21.8. The third kappa shape index (κ3) is 28.4. The van der Waals surface area contributed by atoms with Gasteiger partial charge in [-0.1, -0.05) is 157 Å². The lowest BCUT2D eigenvalue weighted by Gasteiger charge is -2.40. The van der Waals surface area contributed by atoms with Gasteiger partial charge in [0.05, 0.1) is 25.4 Å². The quantitative estimate of drug-likeness (QED) is 0.0275. The van der Waals surface area contributed by atoms with Crippen LogP contribution in [0, 0.1) is 0 Å². The fourth-order valence-electron chi connectivity index (χ4n) is 6.37. The van der Waals surface area contributed by atoms with E-state index in [2.05, 4.69) is 92.1 Å². The molecule has 0 aromatic carbocycles. The van der Waals surface area contributed by atoms with E-state index in [1.165, 1.54) is 51.4 Å². The maximum atomic E-state index is 12.9. The summed E-state index contributed by atoms with van der Waals surface area (Å²) in [6, 6.07) is -0.831. The van der Waals surface area contributed by atoms with Crippen LogP contribution in [0.4, 0.5) is 0 Å². The predicted octanol–water partition coefficient (Wildman–Crippen LogP) is 9.16. The Balaban J connectivity index is 2.34. The SMILES string of the molecule is CC/C=C\C/C=C\C/C=C\C/C=C\C/C=C\CCCCCCCCCC(=O)NC(COC1OC(CO)C(O)C(O)C1O)C(O)/C=C/CC/C=C/CCCCCCC. The molecule has 0 spiro atoms. The van der Waals surface area contributed by atoms with E-state index in [0.717, 1.165) is 83.5 Å². The van der Waals surface area contributed by atoms with E-state index < -0.39 is 49.5 Å². The number of allylic oxidation sites excluding steroid dienone is 13. The molecule has 1 aliphatic heterocycles. The highest BCUT2D eigenvalue weighted by Crippen LogP contribution is 2.22. The molecule has 0 radical (unpaired) electrons. The summed E-state index contributed by atoms with van der Waals surface area (Å²) < 4.78 is 11.2. The van der Waals surface area contributed by atoms with Crippen LogP contribution in [-0.2, 0) is 14.3 Å². The molecule has 0 aliphatic carbocycles. The number of unbranched alkanes of at least 4 members (excludes halogenated alkanes) is 13. The van der Waals surface area contributed by atoms with Crippen LogP contribution in [0.15, 0.2) is 85.1 Å². The average Bonchev–Trinajstić information content (AvgIpc) is 3.21. The molecule has 9 nitrogen and oxygen atoms in total. The molecule has 0 aromatic rings. The molecule has 1 fully saturated rings. The van der Waals surface area contributed by atoms with Crippen molar-refractivity contribution in [1.82, 2.24) is 5.32 Å². The lowest BCUT2D eigenvalue weighted by molar-refractivity contribution is -0.302. The number of amides is 1. The Kier molecular flexibility index (Phi) is 34.6. The van der Waals surface area contributed by atoms with Crippen LogP contribution in [0.2, 0.25) is 0 Å². The molecule has 1 heterocycles. The zero-order chi connectivity index (χ0) is 41.6. The summed E-state index contributed by atoms with van der Waals surface area (Å²) in [7, 11) is 0. The number of carbonyl (C=O) groups excluding carboxylic acids is 1. The minimum absolute atomic E-state index is 0.205. The molecular weight excluding hydrogens is 719 g/mol. The van der Waals surface area contributed by atoms with Crippen molar-refractivity contribution in [2.45, 2.75) is 198 Å². The third-order valence-electron chi connectivity index (χ3n) is 9.95. The first-order chi connectivity index (χ1) is 27.8. The van der Waals surface area contributed by atoms with E-state index in [0.29, 0.717) is 6.42 Å². The van der Waals surface area contributed by atoms with E-state index in [4.69, 9.17) is 9.47 Å². The number of aliphatic hydroxyl groups is 5. The van der Waals surface area contributed by atoms with Crippen LogP contribution >= 0.6 is 0 Å². The summed E-state index contributed by atoms with van der Waals surface area (Å²) in [5.41, 5.74) is 0. The van der Waals surface area contributed by atoms with Crippen molar-refractivity contribution in [2.75, 3.05) is 13.2 Å². The van der Waals surface area contributed by atoms with E-state index in [-0.39, 0.29) is 12.5 Å². The van der Waals surface area contributed by atoms with Crippen molar-refractivity contribution >= 4 is 5.91 Å². The first-order valence-electron chi connectivity index (χ1n) is 22.3. The highest BCUT2D eigenvalue weighted by Gasteiger charge is 2.44. The van der Waals surface area contributed by atoms with Crippen molar-refractivity contribution in [1.29, 1.82) is 0 Å². The van der Waals surface area contributed by atoms with Gasteiger partial charge in [-0.05, 0) is 77.0 Å². The summed E-state index contributed by atoms with van der Waals surface area (Å²) in [5, 5.41) is 54.0. The average molecular weight is 800 g/mol. The monoisotopic (exact) mass is 800 g/mol. The fraction of sp³-hybridized carbons (Fsp3) is 0.688. The number of rotatable bonds is 35. The second-order valence-electron chi connectivity index (χ2n) is 15.1. The van der Waals surface area contributed by atoms with E-state index in [9.17, 15) is 30.3 Å². The summed E-state index contributed by atoms with van der Waals surface area (Å²) >= 11 is 0. The highest BCUT2D eigenvalue weighted by atomic mass is 16.7. The van der Waals surface area contributed by atoms with E-state index in [1.807, 2.05) is 6.08 Å². The third-order valence-corrected chi connectivity index (χ3v) is 9.95. The van der Waals surface area contributed by atoms with Crippen molar-refractivity contribution in [3.8, 4) is 0 Å². The van der Waals surface area contributed by atoms with Gasteiger partial charge in [0.15, 0.2) is 6.29 Å². The first kappa shape index (κ1) is 52.4. The highest BCUT2D eigenvalue weighted by molar-refractivity contribution is 5.76. The molecule has 7 unspecified atom stereocenters. The van der Waals surface area contributed by atoms with Crippen molar-refractivity contribution in [2.24, 2.45) is 0 Å². The molecule has 1 saturated heterocycles. The zero-order valence-corrected chi connectivity index (χ0v) is 35.6. The fourth-order valence-corrected chi connectivity index (χ4v) is 6.37. The molecule has 7 atom stereocenters. The Morgan fingerprint density at radius 2 is 1.11 bits per heavy atom. The number of hydrogen-bond donors (Lipinski definition) is 6. The van der Waals surface area contributed by atoms with Gasteiger partial charge in [-0.25, -0.2) is 0 Å². The molecule has 6 N–H and O–H groups in total. The molecule has 0 saturated carbocycles. The second-order valence-corrected chi connectivity index (χ2v) is 15.1. The number of ether oxygens (including phenoxy) is 2. The Morgan fingerprint density at radius 3 is 1.68 bits per heavy atom. The molecular formula is C48H81NO8. The van der Waals surface area contributed by atoms with Gasteiger partial charge >= 0.3 is 0 Å². The Morgan fingerprint density at radius 1 is 0.614 bits per heavy atom. The van der Waals surface area contributed by atoms with Gasteiger partial charge in [0, 0.05) is 6.42 Å². The van der Waals surface area contributed by atoms with Crippen molar-refractivity contribution in [3.63, 3.8) is 0 Å². The maximum absolute atomic E-state index is 12.9. The topological polar surface area (TPSA) is 149 Å². The van der Waals surface area contributed by atoms with Crippen LogP contribution in [0.25, 0.3) is 0 Å². The van der Waals surface area contributed by atoms with E-state index in [1.54, 1.807) is 6.08 Å². The van der Waals surface area contributed by atoms with Gasteiger partial charge < -0.3 is 40.3 Å². The van der Waals surface area contributed by atoms with Gasteiger partial charge in [-0.15, -0.1) is 0 Å². The van der Waals surface area contributed by atoms with Crippen LogP contribution < -0.4 is 5.32 Å². The van der Waals surface area contributed by atoms with E-state index >= 15 is 0 Å². The predicted molar refractivity (Wildman–Crippen MR) is 235 cm³/mol. The number of hydrogen-bond acceptors (Lipinski definition) is 8. The molecule has 326 valence electrons. The Bertz CT molecular complexity index is 1160. The summed E-state index contributed by atoms with van der Waals surface area (Å²) in [5.74, 6) is -0.205. The second kappa shape index (κ2) is 37.6. The van der Waals surface area contributed by atoms with Crippen LogP contribution in [0.3, 0.4) is 0 Å². The largest absolute Gasteiger partial charge is 0.394 e. The standard InChI is InChI=1S/C48H81NO8/c1-3-5-7-9-11-13-15-16-17-18-19-20-21-22-23-24-25-26-28-30-32-34-36-38-44(52)49-41(40-56-48-47(55)46(54)45(53)43(39-50)57-48)42(51)37-35-33-31-29-27-14-12-10-8-6-4-2/h5,7,11,13,16-17,19-20,22-23,27,29,35,37,41-43,45-48,50-51,53-55H,3-4,6,8-10,12,14-15,18,21,24-26,28,30-34,36,38-40H2,1-2H3,(H,49,52)/b7-5-,13-11-,17-16-,20-19-,23-22-,29-27+,37-35+. The Hall–Kier alpha value is -2.63. The van der Waals surface area contributed by atoms with Crippen LogP contribution in [0.5, 0.6) is 0 Å². The van der Waals surface area contributed by atoms with Gasteiger partial charge in [-0.2, -0.15) is 0 Å². The Labute approximate surface area is 346 Å². The van der Waals surface area contributed by atoms with Gasteiger partial charge in [0.2, 0.25) is 5.91 Å². The zero-order valence-electron chi connectivity index (χ0n) is 35.6. The van der Waals surface area contributed by atoms with Crippen LogP contribution in [-0.4, -0.2) is 87.5 Å². The minimum Gasteiger partial charge on any atom is -0.394 e. The van der Waals surface area contributed by atoms with Crippen molar-refractivity contribution in [3.05, 3.63) is 85.1 Å². The lowest BCUT2D eigenvalue weighted by Crippen LogP contribution is -2.60.